The van der Waals surface area contributed by atoms with E-state index in [1.54, 1.807) is 12.1 Å². The number of ether oxygens (including phenoxy) is 1. The van der Waals surface area contributed by atoms with Crippen LogP contribution in [0.3, 0.4) is 0 Å². The van der Waals surface area contributed by atoms with E-state index in [0.29, 0.717) is 23.1 Å². The Hall–Kier alpha value is -1.63. The Morgan fingerprint density at radius 1 is 1.40 bits per heavy atom. The molecule has 0 heterocycles. The predicted molar refractivity (Wildman–Crippen MR) is 79.8 cm³/mol. The highest BCUT2D eigenvalue weighted by molar-refractivity contribution is 9.10. The molecule has 20 heavy (non-hydrogen) atoms. The molecule has 0 fully saturated rings. The van der Waals surface area contributed by atoms with Crippen molar-refractivity contribution in [1.29, 1.82) is 0 Å². The number of benzene rings is 1. The van der Waals surface area contributed by atoms with Crippen LogP contribution in [0.25, 0.3) is 0 Å². The van der Waals surface area contributed by atoms with Gasteiger partial charge in [-0.3, -0.25) is 14.9 Å². The Morgan fingerprint density at radius 3 is 2.80 bits per heavy atom. The lowest BCUT2D eigenvalue weighted by molar-refractivity contribution is -0.384. The van der Waals surface area contributed by atoms with E-state index in [9.17, 15) is 14.9 Å². The number of nitro groups is 1. The quantitative estimate of drug-likeness (QED) is 0.337. The number of hydrogen-bond donors (Lipinski definition) is 1. The van der Waals surface area contributed by atoms with Gasteiger partial charge in [0.15, 0.2) is 0 Å². The molecule has 0 saturated carbocycles. The van der Waals surface area contributed by atoms with E-state index < -0.39 is 4.92 Å². The maximum Gasteiger partial charge on any atom is 0.305 e. The van der Waals surface area contributed by atoms with Gasteiger partial charge in [0.1, 0.15) is 5.69 Å². The first-order valence-corrected chi connectivity index (χ1v) is 7.08. The van der Waals surface area contributed by atoms with Gasteiger partial charge in [-0.25, -0.2) is 0 Å². The molecule has 0 amide bonds. The topological polar surface area (TPSA) is 81.5 Å². The average molecular weight is 345 g/mol. The van der Waals surface area contributed by atoms with Crippen molar-refractivity contribution in [2.75, 3.05) is 19.0 Å². The van der Waals surface area contributed by atoms with E-state index in [2.05, 4.69) is 26.0 Å². The van der Waals surface area contributed by atoms with Crippen molar-refractivity contribution < 1.29 is 14.5 Å². The van der Waals surface area contributed by atoms with Crippen LogP contribution in [0.1, 0.15) is 25.7 Å². The molecule has 1 aromatic rings. The van der Waals surface area contributed by atoms with Crippen LogP contribution < -0.4 is 5.32 Å². The van der Waals surface area contributed by atoms with Crippen molar-refractivity contribution in [3.05, 3.63) is 32.8 Å². The van der Waals surface area contributed by atoms with Gasteiger partial charge < -0.3 is 10.1 Å². The van der Waals surface area contributed by atoms with Crippen LogP contribution in [0.2, 0.25) is 0 Å². The molecule has 0 saturated heterocycles. The molecular formula is C13H17BrN2O4. The number of nitrogens with one attached hydrogen (secondary N) is 1. The summed E-state index contributed by atoms with van der Waals surface area (Å²) in [5.41, 5.74) is 0.556. The van der Waals surface area contributed by atoms with E-state index in [0.717, 1.165) is 19.3 Å². The number of unbranched alkanes of at least 4 members (excludes halogenated alkanes) is 2. The molecule has 1 aromatic carbocycles. The average Bonchev–Trinajstić information content (AvgIpc) is 2.43. The van der Waals surface area contributed by atoms with Crippen molar-refractivity contribution in [3.8, 4) is 0 Å². The lowest BCUT2D eigenvalue weighted by Gasteiger charge is -2.07. The van der Waals surface area contributed by atoms with Gasteiger partial charge in [0, 0.05) is 23.5 Å². The first kappa shape index (κ1) is 16.4. The molecule has 0 bridgehead atoms. The fraction of sp³-hybridized carbons (Fsp3) is 0.462. The number of rotatable bonds is 8. The molecule has 110 valence electrons. The molecule has 0 radical (unpaired) electrons. The number of nitro benzene ring substituents is 1. The zero-order chi connectivity index (χ0) is 15.0. The first-order valence-electron chi connectivity index (χ1n) is 6.29. The Morgan fingerprint density at radius 2 is 2.15 bits per heavy atom. The summed E-state index contributed by atoms with van der Waals surface area (Å²) in [7, 11) is 1.37. The van der Waals surface area contributed by atoms with Crippen molar-refractivity contribution in [2.24, 2.45) is 0 Å². The summed E-state index contributed by atoms with van der Waals surface area (Å²) < 4.78 is 5.22. The molecule has 0 spiro atoms. The normalized spacial score (nSPS) is 10.1. The fourth-order valence-corrected chi connectivity index (χ4v) is 2.05. The molecular weight excluding hydrogens is 328 g/mol. The Labute approximate surface area is 125 Å². The fourth-order valence-electron chi connectivity index (χ4n) is 1.70. The van der Waals surface area contributed by atoms with Crippen molar-refractivity contribution in [3.63, 3.8) is 0 Å². The highest BCUT2D eigenvalue weighted by atomic mass is 79.9. The molecule has 1 N–H and O–H groups in total. The zero-order valence-corrected chi connectivity index (χ0v) is 12.8. The molecule has 0 aliphatic rings. The largest absolute Gasteiger partial charge is 0.469 e. The number of anilines is 1. The smallest absolute Gasteiger partial charge is 0.305 e. The summed E-state index contributed by atoms with van der Waals surface area (Å²) in [4.78, 5) is 21.4. The molecule has 0 aliphatic carbocycles. The van der Waals surface area contributed by atoms with Gasteiger partial charge in [-0.2, -0.15) is 0 Å². The molecule has 1 rings (SSSR count). The minimum Gasteiger partial charge on any atom is -0.469 e. The van der Waals surface area contributed by atoms with Crippen LogP contribution in [-0.4, -0.2) is 24.5 Å². The third-order valence-electron chi connectivity index (χ3n) is 2.76. The standard InChI is InChI=1S/C13H17BrN2O4/c1-20-13(17)5-3-2-4-8-15-11-7-6-10(14)9-12(11)16(18)19/h6-7,9,15H,2-5,8H2,1H3. The lowest BCUT2D eigenvalue weighted by atomic mass is 10.2. The predicted octanol–water partition coefficient (Wildman–Crippen LogP) is 3.50. The summed E-state index contributed by atoms with van der Waals surface area (Å²) in [5.74, 6) is -0.207. The van der Waals surface area contributed by atoms with Crippen LogP contribution in [0.5, 0.6) is 0 Å². The molecule has 0 unspecified atom stereocenters. The van der Waals surface area contributed by atoms with Gasteiger partial charge in [0.2, 0.25) is 0 Å². The van der Waals surface area contributed by atoms with Gasteiger partial charge in [-0.05, 0) is 25.0 Å². The number of nitrogens with zero attached hydrogens (tertiary/aromatic N) is 1. The SMILES string of the molecule is COC(=O)CCCCCNc1ccc(Br)cc1[N+](=O)[O-]. The van der Waals surface area contributed by atoms with E-state index in [1.807, 2.05) is 0 Å². The second-order valence-electron chi connectivity index (χ2n) is 4.23. The minimum absolute atomic E-state index is 0.0499. The minimum atomic E-state index is -0.412. The number of carbonyl (C=O) groups excluding carboxylic acids is 1. The van der Waals surface area contributed by atoms with Crippen molar-refractivity contribution in [1.82, 2.24) is 0 Å². The third-order valence-corrected chi connectivity index (χ3v) is 3.25. The molecule has 7 heteroatoms. The maximum atomic E-state index is 10.9. The van der Waals surface area contributed by atoms with E-state index in [1.165, 1.54) is 13.2 Å². The highest BCUT2D eigenvalue weighted by Gasteiger charge is 2.13. The Kier molecular flexibility index (Phi) is 7.00. The van der Waals surface area contributed by atoms with Crippen molar-refractivity contribution >= 4 is 33.3 Å². The third kappa shape index (κ3) is 5.56. The van der Waals surface area contributed by atoms with Crippen LogP contribution in [0, 0.1) is 10.1 Å². The van der Waals surface area contributed by atoms with E-state index >= 15 is 0 Å². The van der Waals surface area contributed by atoms with Crippen LogP contribution in [-0.2, 0) is 9.53 Å². The summed E-state index contributed by atoms with van der Waals surface area (Å²) in [6, 6.07) is 4.91. The number of carbonyl (C=O) groups is 1. The Bertz CT molecular complexity index is 479. The highest BCUT2D eigenvalue weighted by Crippen LogP contribution is 2.27. The number of hydrogen-bond acceptors (Lipinski definition) is 5. The summed E-state index contributed by atoms with van der Waals surface area (Å²) in [6.07, 6.45) is 2.88. The first-order chi connectivity index (χ1) is 9.54. The van der Waals surface area contributed by atoms with Crippen LogP contribution >= 0.6 is 15.9 Å². The van der Waals surface area contributed by atoms with Gasteiger partial charge in [-0.1, -0.05) is 22.4 Å². The number of methoxy groups -OCH3 is 1. The molecule has 0 aromatic heterocycles. The van der Waals surface area contributed by atoms with Crippen LogP contribution in [0.15, 0.2) is 22.7 Å². The monoisotopic (exact) mass is 344 g/mol. The molecule has 0 aliphatic heterocycles. The number of halogens is 1. The Balaban J connectivity index is 2.35. The second-order valence-corrected chi connectivity index (χ2v) is 5.15. The van der Waals surface area contributed by atoms with Gasteiger partial charge in [-0.15, -0.1) is 0 Å². The zero-order valence-electron chi connectivity index (χ0n) is 11.2. The molecule has 0 atom stereocenters. The van der Waals surface area contributed by atoms with Gasteiger partial charge >= 0.3 is 5.97 Å². The lowest BCUT2D eigenvalue weighted by Crippen LogP contribution is -2.05. The van der Waals surface area contributed by atoms with Gasteiger partial charge in [0.25, 0.3) is 5.69 Å². The van der Waals surface area contributed by atoms with E-state index in [-0.39, 0.29) is 11.7 Å². The summed E-state index contributed by atoms with van der Waals surface area (Å²) >= 11 is 3.21. The maximum absolute atomic E-state index is 10.9. The second kappa shape index (κ2) is 8.52. The van der Waals surface area contributed by atoms with E-state index in [4.69, 9.17) is 0 Å². The molecule has 6 nitrogen and oxygen atoms in total. The van der Waals surface area contributed by atoms with Gasteiger partial charge in [0.05, 0.1) is 12.0 Å². The number of esters is 1. The van der Waals surface area contributed by atoms with Crippen molar-refractivity contribution in [2.45, 2.75) is 25.7 Å². The summed E-state index contributed by atoms with van der Waals surface area (Å²) in [6.45, 7) is 0.629. The van der Waals surface area contributed by atoms with Crippen LogP contribution in [0.4, 0.5) is 11.4 Å². The summed E-state index contributed by atoms with van der Waals surface area (Å²) in [5, 5.41) is 14.0.